The van der Waals surface area contributed by atoms with Crippen molar-refractivity contribution in [2.24, 2.45) is 0 Å². The van der Waals surface area contributed by atoms with Crippen LogP contribution in [0, 0.1) is 0 Å². The lowest BCUT2D eigenvalue weighted by molar-refractivity contribution is -0.120. The number of ether oxygens (including phenoxy) is 2. The Hall–Kier alpha value is -2.70. The molecular weight excluding hydrogens is 322 g/mol. The van der Waals surface area contributed by atoms with Crippen molar-refractivity contribution < 1.29 is 19.1 Å². The molecule has 0 bridgehead atoms. The molecule has 138 valence electrons. The number of carbonyl (C=O) groups excluding carboxylic acids is 2. The van der Waals surface area contributed by atoms with Gasteiger partial charge in [0, 0.05) is 32.5 Å². The predicted molar refractivity (Wildman–Crippen MR) is 100.0 cm³/mol. The molecule has 0 atom stereocenters. The van der Waals surface area contributed by atoms with Crippen molar-refractivity contribution in [3.63, 3.8) is 0 Å². The minimum atomic E-state index is -0.197. The van der Waals surface area contributed by atoms with Crippen LogP contribution in [0.2, 0.25) is 0 Å². The Labute approximate surface area is 148 Å². The number of amides is 1. The van der Waals surface area contributed by atoms with Crippen molar-refractivity contribution in [3.8, 4) is 5.75 Å². The van der Waals surface area contributed by atoms with Gasteiger partial charge in [0.15, 0.2) is 5.78 Å². The maximum Gasteiger partial charge on any atom is 0.221 e. The molecular formula is C18H27N3O4. The van der Waals surface area contributed by atoms with E-state index in [2.05, 4.69) is 16.8 Å². The molecule has 3 N–H and O–H groups in total. The van der Waals surface area contributed by atoms with Crippen LogP contribution in [-0.2, 0) is 14.3 Å². The summed E-state index contributed by atoms with van der Waals surface area (Å²) in [6.07, 6.45) is 0.560. The number of nitrogen functional groups attached to an aromatic ring is 1. The SMILES string of the molecule is C=C(CCN(CC)c1cc(NC(C)=O)c(N)cc1OC)OCC(C)=O. The number of nitrogens with one attached hydrogen (secondary N) is 1. The first-order chi connectivity index (χ1) is 11.8. The molecule has 0 aliphatic carbocycles. The first-order valence-corrected chi connectivity index (χ1v) is 8.08. The van der Waals surface area contributed by atoms with Gasteiger partial charge < -0.3 is 25.4 Å². The van der Waals surface area contributed by atoms with Crippen molar-refractivity contribution in [3.05, 3.63) is 24.5 Å². The fourth-order valence-electron chi connectivity index (χ4n) is 2.28. The largest absolute Gasteiger partial charge is 0.495 e. The molecule has 1 amide bonds. The molecule has 0 heterocycles. The molecule has 1 aromatic carbocycles. The maximum atomic E-state index is 11.3. The number of rotatable bonds is 10. The second-order valence-corrected chi connectivity index (χ2v) is 5.65. The standard InChI is InChI=1S/C18H27N3O4/c1-6-21(8-7-13(3)25-11-12(2)22)17-10-16(20-14(4)23)15(19)9-18(17)24-5/h9-10H,3,6-8,11,19H2,1-2,4-5H3,(H,20,23). The highest BCUT2D eigenvalue weighted by molar-refractivity contribution is 5.94. The summed E-state index contributed by atoms with van der Waals surface area (Å²) in [4.78, 5) is 24.4. The Morgan fingerprint density at radius 1 is 1.32 bits per heavy atom. The number of Topliss-reactive ketones (excluding diaryl/α,β-unsaturated/α-hetero) is 1. The quantitative estimate of drug-likeness (QED) is 0.498. The van der Waals surface area contributed by atoms with E-state index in [9.17, 15) is 9.59 Å². The van der Waals surface area contributed by atoms with Crippen molar-refractivity contribution in [2.45, 2.75) is 27.2 Å². The molecule has 0 aromatic heterocycles. The van der Waals surface area contributed by atoms with E-state index in [0.717, 1.165) is 5.69 Å². The summed E-state index contributed by atoms with van der Waals surface area (Å²) in [5.41, 5.74) is 7.74. The minimum Gasteiger partial charge on any atom is -0.495 e. The van der Waals surface area contributed by atoms with E-state index in [1.807, 2.05) is 6.92 Å². The summed E-state index contributed by atoms with van der Waals surface area (Å²) in [6.45, 7) is 10.1. The van der Waals surface area contributed by atoms with Gasteiger partial charge in [-0.25, -0.2) is 0 Å². The van der Waals surface area contributed by atoms with Gasteiger partial charge in [0.25, 0.3) is 0 Å². The fourth-order valence-corrected chi connectivity index (χ4v) is 2.28. The summed E-state index contributed by atoms with van der Waals surface area (Å²) < 4.78 is 10.7. The number of benzene rings is 1. The van der Waals surface area contributed by atoms with E-state index in [1.54, 1.807) is 19.2 Å². The molecule has 1 rings (SSSR count). The van der Waals surface area contributed by atoms with Crippen LogP contribution < -0.4 is 20.7 Å². The minimum absolute atomic E-state index is 0.0306. The normalized spacial score (nSPS) is 10.1. The van der Waals surface area contributed by atoms with Crippen LogP contribution in [0.15, 0.2) is 24.5 Å². The molecule has 0 aliphatic heterocycles. The van der Waals surface area contributed by atoms with Crippen molar-refractivity contribution in [1.29, 1.82) is 0 Å². The van der Waals surface area contributed by atoms with Gasteiger partial charge in [0.2, 0.25) is 5.91 Å². The monoisotopic (exact) mass is 349 g/mol. The number of nitrogens with zero attached hydrogens (tertiary/aromatic N) is 1. The van der Waals surface area contributed by atoms with Gasteiger partial charge in [-0.05, 0) is 19.9 Å². The van der Waals surface area contributed by atoms with E-state index < -0.39 is 0 Å². The summed E-state index contributed by atoms with van der Waals surface area (Å²) >= 11 is 0. The number of hydrogen-bond acceptors (Lipinski definition) is 6. The average Bonchev–Trinajstić information content (AvgIpc) is 2.55. The zero-order chi connectivity index (χ0) is 19.0. The highest BCUT2D eigenvalue weighted by Gasteiger charge is 2.15. The number of nitrogens with two attached hydrogens (primary N) is 1. The number of methoxy groups -OCH3 is 1. The van der Waals surface area contributed by atoms with E-state index >= 15 is 0 Å². The number of hydrogen-bond donors (Lipinski definition) is 2. The summed E-state index contributed by atoms with van der Waals surface area (Å²) in [6, 6.07) is 3.47. The van der Waals surface area contributed by atoms with Gasteiger partial charge in [-0.1, -0.05) is 6.58 Å². The van der Waals surface area contributed by atoms with Crippen LogP contribution in [0.3, 0.4) is 0 Å². The Morgan fingerprint density at radius 3 is 2.52 bits per heavy atom. The lowest BCUT2D eigenvalue weighted by atomic mass is 10.2. The molecule has 0 aliphatic rings. The number of carbonyl (C=O) groups is 2. The van der Waals surface area contributed by atoms with Crippen LogP contribution in [0.1, 0.15) is 27.2 Å². The lowest BCUT2D eigenvalue weighted by Gasteiger charge is -2.26. The fraction of sp³-hybridized carbons (Fsp3) is 0.444. The molecule has 7 heteroatoms. The van der Waals surface area contributed by atoms with Crippen LogP contribution in [0.5, 0.6) is 5.75 Å². The van der Waals surface area contributed by atoms with Crippen molar-refractivity contribution in [1.82, 2.24) is 0 Å². The number of anilines is 3. The molecule has 1 aromatic rings. The zero-order valence-corrected chi connectivity index (χ0v) is 15.3. The van der Waals surface area contributed by atoms with Crippen molar-refractivity contribution >= 4 is 28.8 Å². The van der Waals surface area contributed by atoms with Crippen molar-refractivity contribution in [2.75, 3.05) is 42.8 Å². The predicted octanol–water partition coefficient (Wildman–Crippen LogP) is 2.57. The van der Waals surface area contributed by atoms with Gasteiger partial charge in [-0.15, -0.1) is 0 Å². The van der Waals surface area contributed by atoms with Crippen LogP contribution in [0.4, 0.5) is 17.1 Å². The lowest BCUT2D eigenvalue weighted by Crippen LogP contribution is -2.25. The van der Waals surface area contributed by atoms with Crippen LogP contribution >= 0.6 is 0 Å². The third kappa shape index (κ3) is 6.37. The van der Waals surface area contributed by atoms with Gasteiger partial charge in [-0.3, -0.25) is 9.59 Å². The molecule has 0 saturated heterocycles. The number of ketones is 1. The molecule has 0 spiro atoms. The molecule has 0 unspecified atom stereocenters. The van der Waals surface area contributed by atoms with Gasteiger partial charge in [-0.2, -0.15) is 0 Å². The summed E-state index contributed by atoms with van der Waals surface area (Å²) in [5.74, 6) is 0.916. The van der Waals surface area contributed by atoms with Gasteiger partial charge in [0.1, 0.15) is 12.4 Å². The molecule has 7 nitrogen and oxygen atoms in total. The Morgan fingerprint density at radius 2 is 2.00 bits per heavy atom. The van der Waals surface area contributed by atoms with E-state index in [-0.39, 0.29) is 18.3 Å². The summed E-state index contributed by atoms with van der Waals surface area (Å²) in [7, 11) is 1.57. The summed E-state index contributed by atoms with van der Waals surface area (Å²) in [5, 5.41) is 2.72. The Balaban J connectivity index is 2.94. The zero-order valence-electron chi connectivity index (χ0n) is 15.3. The first kappa shape index (κ1) is 20.3. The topological polar surface area (TPSA) is 93.9 Å². The smallest absolute Gasteiger partial charge is 0.221 e. The third-order valence-corrected chi connectivity index (χ3v) is 3.52. The highest BCUT2D eigenvalue weighted by Crippen LogP contribution is 2.36. The molecule has 0 radical (unpaired) electrons. The van der Waals surface area contributed by atoms with Gasteiger partial charge >= 0.3 is 0 Å². The highest BCUT2D eigenvalue weighted by atomic mass is 16.5. The van der Waals surface area contributed by atoms with Crippen LogP contribution in [0.25, 0.3) is 0 Å². The van der Waals surface area contributed by atoms with Gasteiger partial charge in [0.05, 0.1) is 29.9 Å². The molecule has 0 saturated carbocycles. The van der Waals surface area contributed by atoms with E-state index in [4.69, 9.17) is 15.2 Å². The van der Waals surface area contributed by atoms with Crippen LogP contribution in [-0.4, -0.2) is 38.5 Å². The first-order valence-electron chi connectivity index (χ1n) is 8.08. The van der Waals surface area contributed by atoms with E-state index in [1.165, 1.54) is 13.8 Å². The van der Waals surface area contributed by atoms with E-state index in [0.29, 0.717) is 42.4 Å². The Kier molecular flexibility index (Phi) is 7.78. The molecule has 0 fully saturated rings. The second kappa shape index (κ2) is 9.56. The Bertz CT molecular complexity index is 643. The maximum absolute atomic E-state index is 11.3. The molecule has 25 heavy (non-hydrogen) atoms. The second-order valence-electron chi connectivity index (χ2n) is 5.65. The average molecular weight is 349 g/mol. The third-order valence-electron chi connectivity index (χ3n) is 3.52.